The molecule has 0 unspecified atom stereocenters. The molecule has 4 aromatic rings. The van der Waals surface area contributed by atoms with E-state index in [0.717, 1.165) is 10.2 Å². The van der Waals surface area contributed by atoms with Crippen LogP contribution in [0.2, 0.25) is 0 Å². The fourth-order valence-electron chi connectivity index (χ4n) is 2.90. The molecule has 11 heteroatoms. The van der Waals surface area contributed by atoms with Crippen molar-refractivity contribution in [3.05, 3.63) is 58.9 Å². The Bertz CT molecular complexity index is 1250. The molecular weight excluding hydrogens is 420 g/mol. The largest absolute Gasteiger partial charge is 0.497 e. The Morgan fingerprint density at radius 1 is 1.13 bits per heavy atom. The third-order valence-electron chi connectivity index (χ3n) is 4.27. The van der Waals surface area contributed by atoms with Gasteiger partial charge in [-0.25, -0.2) is 15.0 Å². The van der Waals surface area contributed by atoms with Crippen LogP contribution in [-0.2, 0) is 0 Å². The normalized spacial score (nSPS) is 10.6. The van der Waals surface area contributed by atoms with Crippen LogP contribution in [0.3, 0.4) is 0 Å². The molecule has 0 bridgehead atoms. The summed E-state index contributed by atoms with van der Waals surface area (Å²) in [5.74, 6) is 1.34. The maximum absolute atomic E-state index is 11.9. The summed E-state index contributed by atoms with van der Waals surface area (Å²) in [4.78, 5) is 23.9. The molecule has 10 nitrogen and oxygen atoms in total. The Kier molecular flexibility index (Phi) is 5.76. The number of nitrogens with zero attached hydrogens (tertiary/aromatic N) is 4. The summed E-state index contributed by atoms with van der Waals surface area (Å²) in [6.45, 7) is 2.32. The second kappa shape index (κ2) is 8.79. The Morgan fingerprint density at radius 3 is 2.65 bits per heavy atom. The number of rotatable bonds is 8. The molecule has 0 spiro atoms. The number of thiazole rings is 1. The second-order valence-electron chi connectivity index (χ2n) is 6.21. The smallest absolute Gasteiger partial charge is 0.353 e. The molecule has 4 rings (SSSR count). The van der Waals surface area contributed by atoms with E-state index < -0.39 is 4.92 Å². The molecule has 0 aliphatic carbocycles. The third kappa shape index (κ3) is 4.31. The van der Waals surface area contributed by atoms with Crippen molar-refractivity contribution in [3.63, 3.8) is 0 Å². The van der Waals surface area contributed by atoms with Gasteiger partial charge in [0.1, 0.15) is 17.8 Å². The van der Waals surface area contributed by atoms with E-state index in [-0.39, 0.29) is 17.3 Å². The van der Waals surface area contributed by atoms with Crippen LogP contribution in [0.5, 0.6) is 11.5 Å². The minimum Gasteiger partial charge on any atom is -0.497 e. The lowest BCUT2D eigenvalue weighted by atomic mass is 10.3. The summed E-state index contributed by atoms with van der Waals surface area (Å²) in [7, 11) is 1.59. The minimum absolute atomic E-state index is 0.0300. The zero-order valence-corrected chi connectivity index (χ0v) is 17.5. The van der Waals surface area contributed by atoms with Gasteiger partial charge in [-0.2, -0.15) is 0 Å². The standard InChI is InChI=1S/C20H18N6O4S/c1-3-30-15-7-5-4-6-13(15)23-18-17(26(27)28)19(22-11-21-18)25-20-24-14-9-8-12(29-2)10-16(14)31-20/h4-11H,3H2,1-2H3,(H2,21,22,23,24,25). The van der Waals surface area contributed by atoms with Gasteiger partial charge in [0.2, 0.25) is 11.6 Å². The van der Waals surface area contributed by atoms with E-state index in [1.807, 2.05) is 25.1 Å². The van der Waals surface area contributed by atoms with Crippen LogP contribution in [-0.4, -0.2) is 33.6 Å². The average molecular weight is 438 g/mol. The van der Waals surface area contributed by atoms with Crippen molar-refractivity contribution in [2.75, 3.05) is 24.4 Å². The fourth-order valence-corrected chi connectivity index (χ4v) is 3.79. The van der Waals surface area contributed by atoms with Gasteiger partial charge in [-0.3, -0.25) is 10.1 Å². The van der Waals surface area contributed by atoms with Gasteiger partial charge in [-0.15, -0.1) is 0 Å². The molecule has 0 radical (unpaired) electrons. The highest BCUT2D eigenvalue weighted by Crippen LogP contribution is 2.37. The Hall–Kier alpha value is -3.99. The number of methoxy groups -OCH3 is 1. The van der Waals surface area contributed by atoms with Crippen molar-refractivity contribution in [1.82, 2.24) is 15.0 Å². The van der Waals surface area contributed by atoms with Gasteiger partial charge in [-0.05, 0) is 37.3 Å². The quantitative estimate of drug-likeness (QED) is 0.292. The van der Waals surface area contributed by atoms with Gasteiger partial charge in [-0.1, -0.05) is 23.5 Å². The first-order chi connectivity index (χ1) is 15.1. The number of para-hydroxylation sites is 2. The molecule has 2 heterocycles. The van der Waals surface area contributed by atoms with Crippen LogP contribution < -0.4 is 20.1 Å². The molecule has 158 valence electrons. The predicted molar refractivity (Wildman–Crippen MR) is 119 cm³/mol. The van der Waals surface area contributed by atoms with Crippen molar-refractivity contribution in [2.45, 2.75) is 6.92 Å². The summed E-state index contributed by atoms with van der Waals surface area (Å²) >= 11 is 1.34. The summed E-state index contributed by atoms with van der Waals surface area (Å²) < 4.78 is 11.7. The van der Waals surface area contributed by atoms with Crippen molar-refractivity contribution < 1.29 is 14.4 Å². The number of hydrogen-bond donors (Lipinski definition) is 2. The molecule has 0 aliphatic rings. The van der Waals surface area contributed by atoms with E-state index in [1.165, 1.54) is 17.7 Å². The molecule has 0 amide bonds. The number of hydrogen-bond acceptors (Lipinski definition) is 10. The number of nitro groups is 1. The zero-order valence-electron chi connectivity index (χ0n) is 16.7. The van der Waals surface area contributed by atoms with Crippen molar-refractivity contribution in [3.8, 4) is 11.5 Å². The van der Waals surface area contributed by atoms with E-state index in [0.29, 0.717) is 28.9 Å². The Morgan fingerprint density at radius 2 is 1.90 bits per heavy atom. The van der Waals surface area contributed by atoms with Crippen LogP contribution in [0.4, 0.5) is 28.1 Å². The molecule has 31 heavy (non-hydrogen) atoms. The van der Waals surface area contributed by atoms with Crippen LogP contribution in [0, 0.1) is 10.1 Å². The minimum atomic E-state index is -0.537. The number of benzene rings is 2. The summed E-state index contributed by atoms with van der Waals surface area (Å²) in [6, 6.07) is 12.6. The molecule has 2 aromatic carbocycles. The highest BCUT2D eigenvalue weighted by Gasteiger charge is 2.25. The van der Waals surface area contributed by atoms with Crippen LogP contribution in [0.25, 0.3) is 10.2 Å². The first-order valence-electron chi connectivity index (χ1n) is 9.29. The number of nitrogens with one attached hydrogen (secondary N) is 2. The molecule has 0 fully saturated rings. The first kappa shape index (κ1) is 20.3. The van der Waals surface area contributed by atoms with E-state index in [4.69, 9.17) is 9.47 Å². The fraction of sp³-hybridized carbons (Fsp3) is 0.150. The number of anilines is 4. The van der Waals surface area contributed by atoms with Crippen molar-refractivity contribution >= 4 is 49.7 Å². The van der Waals surface area contributed by atoms with Crippen LogP contribution in [0.1, 0.15) is 6.92 Å². The number of fused-ring (bicyclic) bond motifs is 1. The van der Waals surface area contributed by atoms with Crippen molar-refractivity contribution in [1.29, 1.82) is 0 Å². The van der Waals surface area contributed by atoms with Crippen LogP contribution >= 0.6 is 11.3 Å². The highest BCUT2D eigenvalue weighted by molar-refractivity contribution is 7.22. The third-order valence-corrected chi connectivity index (χ3v) is 5.20. The van der Waals surface area contributed by atoms with Crippen molar-refractivity contribution in [2.24, 2.45) is 0 Å². The van der Waals surface area contributed by atoms with Crippen LogP contribution in [0.15, 0.2) is 48.8 Å². The molecule has 2 N–H and O–H groups in total. The lowest BCUT2D eigenvalue weighted by Crippen LogP contribution is -2.06. The van der Waals surface area contributed by atoms with E-state index >= 15 is 0 Å². The molecule has 0 saturated heterocycles. The highest BCUT2D eigenvalue weighted by atomic mass is 32.1. The van der Waals surface area contributed by atoms with Gasteiger partial charge in [0.25, 0.3) is 0 Å². The Balaban J connectivity index is 1.69. The Labute approximate surface area is 181 Å². The van der Waals surface area contributed by atoms with E-state index in [1.54, 1.807) is 31.4 Å². The molecule has 2 aromatic heterocycles. The summed E-state index contributed by atoms with van der Waals surface area (Å²) in [5, 5.41) is 18.3. The molecule has 0 aliphatic heterocycles. The average Bonchev–Trinajstić information content (AvgIpc) is 3.16. The lowest BCUT2D eigenvalue weighted by molar-refractivity contribution is -0.383. The molecule has 0 saturated carbocycles. The van der Waals surface area contributed by atoms with Gasteiger partial charge in [0, 0.05) is 0 Å². The van der Waals surface area contributed by atoms with Gasteiger partial charge in [0.05, 0.1) is 34.5 Å². The van der Waals surface area contributed by atoms with Gasteiger partial charge < -0.3 is 20.1 Å². The number of aromatic nitrogens is 3. The maximum Gasteiger partial charge on any atom is 0.353 e. The lowest BCUT2D eigenvalue weighted by Gasteiger charge is -2.12. The molecule has 0 atom stereocenters. The summed E-state index contributed by atoms with van der Waals surface area (Å²) in [6.07, 6.45) is 1.25. The van der Waals surface area contributed by atoms with E-state index in [2.05, 4.69) is 25.6 Å². The molecular formula is C20H18N6O4S. The second-order valence-corrected chi connectivity index (χ2v) is 7.24. The van der Waals surface area contributed by atoms with Gasteiger partial charge in [0.15, 0.2) is 5.13 Å². The zero-order chi connectivity index (χ0) is 21.8. The monoisotopic (exact) mass is 438 g/mol. The van der Waals surface area contributed by atoms with Gasteiger partial charge >= 0.3 is 5.69 Å². The van der Waals surface area contributed by atoms with E-state index in [9.17, 15) is 10.1 Å². The predicted octanol–water partition coefficient (Wildman–Crippen LogP) is 4.89. The first-order valence-corrected chi connectivity index (χ1v) is 10.1. The summed E-state index contributed by atoms with van der Waals surface area (Å²) in [5.41, 5.74) is 1.00. The topological polar surface area (TPSA) is 124 Å². The maximum atomic E-state index is 11.9. The SMILES string of the molecule is CCOc1ccccc1Nc1ncnc(Nc2nc3ccc(OC)cc3s2)c1[N+](=O)[O-]. The number of ether oxygens (including phenoxy) is 2.